The maximum Gasteiger partial charge on any atom is 0.329 e. The number of fused-ring (bicyclic) bond motifs is 1. The Kier molecular flexibility index (Phi) is 5.37. The van der Waals surface area contributed by atoms with Gasteiger partial charge in [-0.15, -0.1) is 0 Å². The first-order valence-electron chi connectivity index (χ1n) is 6.80. The molecular formula is C15H18N2O5. The molecule has 1 aromatic carbocycles. The Morgan fingerprint density at radius 1 is 1.36 bits per heavy atom. The van der Waals surface area contributed by atoms with Crippen molar-refractivity contribution < 1.29 is 24.2 Å². The number of carboxylic acids is 1. The summed E-state index contributed by atoms with van der Waals surface area (Å²) in [7, 11) is 1.59. The number of carboxylic acid groups (broad SMARTS) is 1. The van der Waals surface area contributed by atoms with Crippen molar-refractivity contribution in [2.75, 3.05) is 26.9 Å². The maximum absolute atomic E-state index is 11.9. The topological polar surface area (TPSA) is 101 Å². The number of carbonyl (C=O) groups is 2. The minimum absolute atomic E-state index is 0.150. The molecule has 0 unspecified atom stereocenters. The maximum atomic E-state index is 11.9. The number of hydrogen-bond donors (Lipinski definition) is 3. The van der Waals surface area contributed by atoms with E-state index >= 15 is 0 Å². The fourth-order valence-electron chi connectivity index (χ4n) is 2.09. The number of H-pyrrole nitrogens is 1. The van der Waals surface area contributed by atoms with Crippen LogP contribution in [0.3, 0.4) is 0 Å². The molecule has 0 saturated carbocycles. The molecule has 0 aliphatic carbocycles. The standard InChI is InChI=1S/C15H18N2O5/c1-21-11-2-3-13-12(7-11)10(8-17-13)6-14(18)16-4-5-22-9-15(19)20/h2-3,7-8,17H,4-6,9H2,1H3,(H,16,18)(H,19,20). The van der Waals surface area contributed by atoms with Crippen LogP contribution >= 0.6 is 0 Å². The van der Waals surface area contributed by atoms with Crippen LogP contribution in [0.15, 0.2) is 24.4 Å². The van der Waals surface area contributed by atoms with Gasteiger partial charge in [-0.2, -0.15) is 0 Å². The number of benzene rings is 1. The molecular weight excluding hydrogens is 288 g/mol. The fourth-order valence-corrected chi connectivity index (χ4v) is 2.09. The molecule has 22 heavy (non-hydrogen) atoms. The number of amides is 1. The zero-order chi connectivity index (χ0) is 15.9. The zero-order valence-corrected chi connectivity index (χ0v) is 12.2. The van der Waals surface area contributed by atoms with E-state index in [0.29, 0.717) is 0 Å². The highest BCUT2D eigenvalue weighted by Gasteiger charge is 2.09. The normalized spacial score (nSPS) is 10.6. The number of methoxy groups -OCH3 is 1. The molecule has 0 spiro atoms. The first-order chi connectivity index (χ1) is 10.6. The molecule has 0 atom stereocenters. The lowest BCUT2D eigenvalue weighted by molar-refractivity contribution is -0.142. The third-order valence-corrected chi connectivity index (χ3v) is 3.12. The molecule has 0 aliphatic heterocycles. The molecule has 1 aromatic heterocycles. The Labute approximate surface area is 127 Å². The molecule has 0 radical (unpaired) electrons. The van der Waals surface area contributed by atoms with Gasteiger partial charge in [-0.05, 0) is 23.8 Å². The van der Waals surface area contributed by atoms with Crippen molar-refractivity contribution in [3.63, 3.8) is 0 Å². The average Bonchev–Trinajstić information content (AvgIpc) is 2.88. The second kappa shape index (κ2) is 7.46. The van der Waals surface area contributed by atoms with Crippen LogP contribution in [-0.4, -0.2) is 48.8 Å². The van der Waals surface area contributed by atoms with Crippen molar-refractivity contribution in [1.29, 1.82) is 0 Å². The van der Waals surface area contributed by atoms with E-state index < -0.39 is 5.97 Å². The van der Waals surface area contributed by atoms with Crippen molar-refractivity contribution in [3.8, 4) is 5.75 Å². The summed E-state index contributed by atoms with van der Waals surface area (Å²) < 4.78 is 10.0. The van der Waals surface area contributed by atoms with Crippen LogP contribution in [0.25, 0.3) is 10.9 Å². The van der Waals surface area contributed by atoms with E-state index in [0.717, 1.165) is 22.2 Å². The summed E-state index contributed by atoms with van der Waals surface area (Å²) in [4.78, 5) is 25.2. The molecule has 0 bridgehead atoms. The van der Waals surface area contributed by atoms with Crippen LogP contribution in [0.2, 0.25) is 0 Å². The van der Waals surface area contributed by atoms with E-state index in [-0.39, 0.29) is 32.1 Å². The van der Waals surface area contributed by atoms with Gasteiger partial charge in [0, 0.05) is 23.6 Å². The minimum atomic E-state index is -1.03. The predicted octanol–water partition coefficient (Wildman–Crippen LogP) is 0.936. The van der Waals surface area contributed by atoms with Gasteiger partial charge in [0.25, 0.3) is 0 Å². The molecule has 0 fully saturated rings. The molecule has 7 heteroatoms. The lowest BCUT2D eigenvalue weighted by Crippen LogP contribution is -2.29. The smallest absolute Gasteiger partial charge is 0.329 e. The highest BCUT2D eigenvalue weighted by molar-refractivity contribution is 5.89. The first-order valence-corrected chi connectivity index (χ1v) is 6.80. The number of aliphatic carboxylic acids is 1. The number of carbonyl (C=O) groups excluding carboxylic acids is 1. The van der Waals surface area contributed by atoms with Gasteiger partial charge in [-0.25, -0.2) is 4.79 Å². The third kappa shape index (κ3) is 4.23. The van der Waals surface area contributed by atoms with Gasteiger partial charge in [0.05, 0.1) is 20.1 Å². The molecule has 0 aliphatic rings. The van der Waals surface area contributed by atoms with Crippen LogP contribution in [-0.2, 0) is 20.7 Å². The quantitative estimate of drug-likeness (QED) is 0.630. The summed E-state index contributed by atoms with van der Waals surface area (Å²) in [5, 5.41) is 12.0. The van der Waals surface area contributed by atoms with Crippen LogP contribution in [0, 0.1) is 0 Å². The molecule has 0 saturated heterocycles. The Morgan fingerprint density at radius 3 is 2.91 bits per heavy atom. The lowest BCUT2D eigenvalue weighted by atomic mass is 10.1. The number of ether oxygens (including phenoxy) is 2. The molecule has 1 amide bonds. The summed E-state index contributed by atoms with van der Waals surface area (Å²) in [6.45, 7) is 0.0790. The van der Waals surface area contributed by atoms with Crippen molar-refractivity contribution >= 4 is 22.8 Å². The summed E-state index contributed by atoms with van der Waals surface area (Å²) in [5.74, 6) is -0.447. The van der Waals surface area contributed by atoms with Crippen LogP contribution < -0.4 is 10.1 Å². The molecule has 7 nitrogen and oxygen atoms in total. The zero-order valence-electron chi connectivity index (χ0n) is 12.2. The Hall–Kier alpha value is -2.54. The fraction of sp³-hybridized carbons (Fsp3) is 0.333. The van der Waals surface area contributed by atoms with Crippen LogP contribution in [0.4, 0.5) is 0 Å². The van der Waals surface area contributed by atoms with Gasteiger partial charge in [0.1, 0.15) is 12.4 Å². The van der Waals surface area contributed by atoms with Crippen LogP contribution in [0.5, 0.6) is 5.75 Å². The van der Waals surface area contributed by atoms with E-state index in [1.165, 1.54) is 0 Å². The summed E-state index contributed by atoms with van der Waals surface area (Å²) in [6, 6.07) is 5.63. The van der Waals surface area contributed by atoms with Crippen molar-refractivity contribution in [2.24, 2.45) is 0 Å². The van der Waals surface area contributed by atoms with Gasteiger partial charge < -0.3 is 24.9 Å². The lowest BCUT2D eigenvalue weighted by Gasteiger charge is -2.05. The molecule has 118 valence electrons. The number of nitrogens with one attached hydrogen (secondary N) is 2. The largest absolute Gasteiger partial charge is 0.497 e. The highest BCUT2D eigenvalue weighted by Crippen LogP contribution is 2.23. The Morgan fingerprint density at radius 2 is 2.18 bits per heavy atom. The Balaban J connectivity index is 1.87. The van der Waals surface area contributed by atoms with E-state index in [2.05, 4.69) is 10.3 Å². The van der Waals surface area contributed by atoms with E-state index in [4.69, 9.17) is 14.6 Å². The number of aromatic nitrogens is 1. The van der Waals surface area contributed by atoms with Crippen molar-refractivity contribution in [2.45, 2.75) is 6.42 Å². The van der Waals surface area contributed by atoms with E-state index in [1.807, 2.05) is 18.2 Å². The number of rotatable bonds is 8. The van der Waals surface area contributed by atoms with Crippen molar-refractivity contribution in [3.05, 3.63) is 30.0 Å². The predicted molar refractivity (Wildman–Crippen MR) is 80.0 cm³/mol. The second-order valence-corrected chi connectivity index (χ2v) is 4.70. The van der Waals surface area contributed by atoms with Crippen molar-refractivity contribution in [1.82, 2.24) is 10.3 Å². The van der Waals surface area contributed by atoms with Gasteiger partial charge in [0.2, 0.25) is 5.91 Å². The second-order valence-electron chi connectivity index (χ2n) is 4.70. The van der Waals surface area contributed by atoms with Gasteiger partial charge in [0.15, 0.2) is 0 Å². The molecule has 3 N–H and O–H groups in total. The van der Waals surface area contributed by atoms with Gasteiger partial charge in [-0.1, -0.05) is 0 Å². The van der Waals surface area contributed by atoms with E-state index in [1.54, 1.807) is 13.3 Å². The van der Waals surface area contributed by atoms with Gasteiger partial charge >= 0.3 is 5.97 Å². The molecule has 2 rings (SSSR count). The van der Waals surface area contributed by atoms with E-state index in [9.17, 15) is 9.59 Å². The Bertz CT molecular complexity index is 665. The monoisotopic (exact) mass is 306 g/mol. The minimum Gasteiger partial charge on any atom is -0.497 e. The van der Waals surface area contributed by atoms with Crippen LogP contribution in [0.1, 0.15) is 5.56 Å². The summed E-state index contributed by atoms with van der Waals surface area (Å²) in [5.41, 5.74) is 1.81. The number of hydrogen-bond acceptors (Lipinski definition) is 4. The number of aromatic amines is 1. The highest BCUT2D eigenvalue weighted by atomic mass is 16.5. The first kappa shape index (κ1) is 15.8. The average molecular weight is 306 g/mol. The molecule has 2 aromatic rings. The summed E-state index contributed by atoms with van der Waals surface area (Å²) in [6.07, 6.45) is 2.02. The summed E-state index contributed by atoms with van der Waals surface area (Å²) >= 11 is 0. The third-order valence-electron chi connectivity index (χ3n) is 3.12. The van der Waals surface area contributed by atoms with Gasteiger partial charge in [-0.3, -0.25) is 4.79 Å². The SMILES string of the molecule is COc1ccc2[nH]cc(CC(=O)NCCOCC(=O)O)c2c1. The molecule has 1 heterocycles.